The van der Waals surface area contributed by atoms with Gasteiger partial charge in [0.05, 0.1) is 11.1 Å². The number of carbonyl (C=O) groups is 1. The zero-order valence-corrected chi connectivity index (χ0v) is 9.32. The molecule has 0 fully saturated rings. The first-order valence-electron chi connectivity index (χ1n) is 4.47. The highest BCUT2D eigenvalue weighted by Crippen LogP contribution is 2.38. The van der Waals surface area contributed by atoms with Crippen molar-refractivity contribution in [3.05, 3.63) is 28.6 Å². The molecule has 3 nitrogen and oxygen atoms in total. The molecule has 0 amide bonds. The molecule has 0 aliphatic carbocycles. The van der Waals surface area contributed by atoms with Gasteiger partial charge in [0.2, 0.25) is 0 Å². The second-order valence-electron chi connectivity index (χ2n) is 3.20. The van der Waals surface area contributed by atoms with Gasteiger partial charge in [0.25, 0.3) is 11.7 Å². The minimum absolute atomic E-state index is 0.265. The molecule has 1 heterocycles. The van der Waals surface area contributed by atoms with Gasteiger partial charge in [0, 0.05) is 12.7 Å². The number of aromatic nitrogens is 1. The molecule has 18 heavy (non-hydrogen) atoms. The van der Waals surface area contributed by atoms with E-state index in [0.717, 1.165) is 0 Å². The molecule has 9 heteroatoms. The van der Waals surface area contributed by atoms with Crippen molar-refractivity contribution in [3.8, 4) is 0 Å². The molecular formula is C9H6ClF5N2O. The van der Waals surface area contributed by atoms with Crippen LogP contribution in [0.25, 0.3) is 0 Å². The normalized spacial score (nSPS) is 12.0. The van der Waals surface area contributed by atoms with E-state index in [2.05, 4.69) is 4.98 Å². The molecule has 0 spiro atoms. The fourth-order valence-corrected chi connectivity index (χ4v) is 1.62. The van der Waals surface area contributed by atoms with Gasteiger partial charge in [-0.15, -0.1) is 0 Å². The van der Waals surface area contributed by atoms with Crippen LogP contribution in [0, 0.1) is 0 Å². The number of nitrogens with two attached hydrogens (primary N) is 1. The van der Waals surface area contributed by atoms with Gasteiger partial charge in [0.1, 0.15) is 0 Å². The summed E-state index contributed by atoms with van der Waals surface area (Å²) in [6.45, 7) is -0.432. The second-order valence-corrected chi connectivity index (χ2v) is 3.54. The van der Waals surface area contributed by atoms with E-state index in [4.69, 9.17) is 17.3 Å². The summed E-state index contributed by atoms with van der Waals surface area (Å²) >= 11 is 5.04. The summed E-state index contributed by atoms with van der Waals surface area (Å²) in [5, 5.41) is -1.43. The van der Waals surface area contributed by atoms with Crippen LogP contribution >= 0.6 is 11.6 Å². The standard InChI is InChI=1S/C9H6ClF5N2O/c10-7(18)4-3(1-16)2-17-6(9(13,14)15)5(4)8(11)12/h2,8H,1,16H2. The highest BCUT2D eigenvalue weighted by atomic mass is 35.5. The van der Waals surface area contributed by atoms with E-state index < -0.39 is 41.2 Å². The topological polar surface area (TPSA) is 56.0 Å². The zero-order chi connectivity index (χ0) is 14.1. The zero-order valence-electron chi connectivity index (χ0n) is 8.56. The smallest absolute Gasteiger partial charge is 0.326 e. The molecule has 0 saturated carbocycles. The molecule has 1 aromatic heterocycles. The average molecular weight is 289 g/mol. The van der Waals surface area contributed by atoms with Gasteiger partial charge in [-0.2, -0.15) is 13.2 Å². The van der Waals surface area contributed by atoms with Gasteiger partial charge >= 0.3 is 6.18 Å². The maximum Gasteiger partial charge on any atom is 0.433 e. The Labute approximate surface area is 103 Å². The van der Waals surface area contributed by atoms with Crippen LogP contribution in [-0.2, 0) is 12.7 Å². The third kappa shape index (κ3) is 2.75. The van der Waals surface area contributed by atoms with Gasteiger partial charge in [0.15, 0.2) is 5.69 Å². The van der Waals surface area contributed by atoms with Crippen LogP contribution in [0.1, 0.15) is 33.6 Å². The Hall–Kier alpha value is -1.28. The fraction of sp³-hybridized carbons (Fsp3) is 0.333. The van der Waals surface area contributed by atoms with Crippen molar-refractivity contribution in [1.82, 2.24) is 4.98 Å². The number of alkyl halides is 5. The Kier molecular flexibility index (Phi) is 4.23. The first-order valence-corrected chi connectivity index (χ1v) is 4.85. The van der Waals surface area contributed by atoms with E-state index in [1.807, 2.05) is 0 Å². The van der Waals surface area contributed by atoms with Crippen LogP contribution in [0.4, 0.5) is 22.0 Å². The summed E-state index contributed by atoms with van der Waals surface area (Å²) in [5.74, 6) is 0. The summed E-state index contributed by atoms with van der Waals surface area (Å²) in [6, 6.07) is 0. The Morgan fingerprint density at radius 3 is 2.33 bits per heavy atom. The highest BCUT2D eigenvalue weighted by Gasteiger charge is 2.40. The Bertz CT molecular complexity index is 475. The third-order valence-electron chi connectivity index (χ3n) is 2.10. The number of hydrogen-bond donors (Lipinski definition) is 1. The monoisotopic (exact) mass is 288 g/mol. The van der Waals surface area contributed by atoms with Crippen molar-refractivity contribution in [1.29, 1.82) is 0 Å². The summed E-state index contributed by atoms with van der Waals surface area (Å²) in [5.41, 5.74) is 0.569. The maximum absolute atomic E-state index is 12.7. The van der Waals surface area contributed by atoms with Gasteiger partial charge in [-0.25, -0.2) is 8.78 Å². The van der Waals surface area contributed by atoms with E-state index in [1.165, 1.54) is 0 Å². The fourth-order valence-electron chi connectivity index (χ4n) is 1.39. The minimum atomic E-state index is -5.11. The van der Waals surface area contributed by atoms with Gasteiger partial charge in [-0.1, -0.05) is 0 Å². The second kappa shape index (κ2) is 5.15. The van der Waals surface area contributed by atoms with E-state index in [-0.39, 0.29) is 5.56 Å². The van der Waals surface area contributed by atoms with Crippen LogP contribution < -0.4 is 5.73 Å². The number of rotatable bonds is 3. The highest BCUT2D eigenvalue weighted by molar-refractivity contribution is 6.68. The number of nitrogens with zero attached hydrogens (tertiary/aromatic N) is 1. The molecule has 2 N–H and O–H groups in total. The van der Waals surface area contributed by atoms with Crippen molar-refractivity contribution in [2.24, 2.45) is 5.73 Å². The number of carbonyl (C=O) groups excluding carboxylic acids is 1. The summed E-state index contributed by atoms with van der Waals surface area (Å²) in [6.07, 6.45) is -8.04. The van der Waals surface area contributed by atoms with Crippen LogP contribution in [0.2, 0.25) is 0 Å². The lowest BCUT2D eigenvalue weighted by Crippen LogP contribution is -2.18. The van der Waals surface area contributed by atoms with Gasteiger partial charge in [-0.05, 0) is 17.2 Å². The molecule has 1 aromatic rings. The quantitative estimate of drug-likeness (QED) is 0.687. The number of hydrogen-bond acceptors (Lipinski definition) is 3. The molecule has 1 rings (SSSR count). The maximum atomic E-state index is 12.7. The average Bonchev–Trinajstić information content (AvgIpc) is 2.25. The SMILES string of the molecule is NCc1cnc(C(F)(F)F)c(C(F)F)c1C(=O)Cl. The van der Waals surface area contributed by atoms with Crippen molar-refractivity contribution in [2.75, 3.05) is 0 Å². The molecule has 0 aromatic carbocycles. The van der Waals surface area contributed by atoms with Crippen molar-refractivity contribution in [3.63, 3.8) is 0 Å². The predicted molar refractivity (Wildman–Crippen MR) is 52.3 cm³/mol. The van der Waals surface area contributed by atoms with Crippen molar-refractivity contribution >= 4 is 16.8 Å². The molecule has 0 aliphatic heterocycles. The van der Waals surface area contributed by atoms with Crippen LogP contribution in [0.3, 0.4) is 0 Å². The van der Waals surface area contributed by atoms with Gasteiger partial charge in [-0.3, -0.25) is 9.78 Å². The first-order chi connectivity index (χ1) is 8.20. The van der Waals surface area contributed by atoms with Gasteiger partial charge < -0.3 is 5.73 Å². The number of pyridine rings is 1. The molecule has 0 aliphatic rings. The Balaban J connectivity index is 3.68. The predicted octanol–water partition coefficient (Wildman–Crippen LogP) is 2.88. The molecule has 0 radical (unpaired) electrons. The van der Waals surface area contributed by atoms with E-state index in [0.29, 0.717) is 6.20 Å². The lowest BCUT2D eigenvalue weighted by Gasteiger charge is -2.16. The number of halogens is 6. The molecule has 0 bridgehead atoms. The Morgan fingerprint density at radius 1 is 1.44 bits per heavy atom. The first kappa shape index (κ1) is 14.8. The third-order valence-corrected chi connectivity index (χ3v) is 2.29. The molecule has 0 unspecified atom stereocenters. The summed E-state index contributed by atoms with van der Waals surface area (Å²) < 4.78 is 62.9. The largest absolute Gasteiger partial charge is 0.433 e. The minimum Gasteiger partial charge on any atom is -0.326 e. The molecule has 100 valence electrons. The summed E-state index contributed by atoms with van der Waals surface area (Å²) in [7, 11) is 0. The molecular weight excluding hydrogens is 283 g/mol. The van der Waals surface area contributed by atoms with Crippen LogP contribution in [0.5, 0.6) is 0 Å². The van der Waals surface area contributed by atoms with Crippen molar-refractivity contribution in [2.45, 2.75) is 19.1 Å². The van der Waals surface area contributed by atoms with E-state index >= 15 is 0 Å². The summed E-state index contributed by atoms with van der Waals surface area (Å²) in [4.78, 5) is 13.9. The lowest BCUT2D eigenvalue weighted by molar-refractivity contribution is -0.143. The van der Waals surface area contributed by atoms with E-state index in [9.17, 15) is 26.7 Å². The molecule has 0 atom stereocenters. The van der Waals surface area contributed by atoms with Crippen LogP contribution in [-0.4, -0.2) is 10.2 Å². The van der Waals surface area contributed by atoms with Crippen molar-refractivity contribution < 1.29 is 26.7 Å². The Morgan fingerprint density at radius 2 is 2.00 bits per heavy atom. The van der Waals surface area contributed by atoms with E-state index in [1.54, 1.807) is 0 Å². The molecule has 0 saturated heterocycles. The lowest BCUT2D eigenvalue weighted by atomic mass is 10.0. The van der Waals surface area contributed by atoms with Crippen LogP contribution in [0.15, 0.2) is 6.20 Å².